The van der Waals surface area contributed by atoms with E-state index in [2.05, 4.69) is 15.8 Å². The number of aryl methyl sites for hydroxylation is 1. The molecule has 1 aromatic heterocycles. The molecule has 2 saturated heterocycles. The molecule has 4 amide bonds. The monoisotopic (exact) mass is 458 g/mol. The Morgan fingerprint density at radius 2 is 1.71 bits per heavy atom. The Morgan fingerprint density at radius 1 is 1.03 bits per heavy atom. The van der Waals surface area contributed by atoms with E-state index < -0.39 is 11.6 Å². The molecule has 2 N–H and O–H groups in total. The Labute approximate surface area is 197 Å². The van der Waals surface area contributed by atoms with Gasteiger partial charge in [-0.3, -0.25) is 14.9 Å². The number of hydrogen-bond donors (Lipinski definition) is 2. The fraction of sp³-hybridized carbons (Fsp3) is 0.308. The summed E-state index contributed by atoms with van der Waals surface area (Å²) in [6, 6.07) is 20.7. The number of nitrogens with one attached hydrogen (secondary N) is 2. The lowest BCUT2D eigenvalue weighted by Crippen LogP contribution is -2.56. The number of urea groups is 1. The fourth-order valence-corrected chi connectivity index (χ4v) is 5.01. The quantitative estimate of drug-likeness (QED) is 0.551. The summed E-state index contributed by atoms with van der Waals surface area (Å²) in [6.45, 7) is 0.947. The maximum atomic E-state index is 13.0. The average molecular weight is 459 g/mol. The molecule has 174 valence electrons. The number of likely N-dealkylation sites (tertiary alicyclic amines) is 1. The number of aromatic nitrogens is 1. The van der Waals surface area contributed by atoms with E-state index >= 15 is 0 Å². The van der Waals surface area contributed by atoms with Crippen LogP contribution in [0.4, 0.5) is 4.79 Å². The molecule has 0 saturated carbocycles. The van der Waals surface area contributed by atoms with E-state index in [9.17, 15) is 14.4 Å². The van der Waals surface area contributed by atoms with Crippen LogP contribution in [0.25, 0.3) is 11.3 Å². The van der Waals surface area contributed by atoms with Gasteiger partial charge < -0.3 is 14.7 Å². The molecular formula is C26H26N4O4. The lowest BCUT2D eigenvalue weighted by atomic mass is 9.74. The highest BCUT2D eigenvalue weighted by atomic mass is 16.5. The number of rotatable bonds is 6. The summed E-state index contributed by atoms with van der Waals surface area (Å²) < 4.78 is 5.34. The van der Waals surface area contributed by atoms with Gasteiger partial charge in [0.2, 0.25) is 5.76 Å². The zero-order chi connectivity index (χ0) is 23.5. The summed E-state index contributed by atoms with van der Waals surface area (Å²) >= 11 is 0. The largest absolute Gasteiger partial charge is 0.350 e. The van der Waals surface area contributed by atoms with Gasteiger partial charge in [-0.15, -0.1) is 0 Å². The zero-order valence-electron chi connectivity index (χ0n) is 18.7. The van der Waals surface area contributed by atoms with Crippen LogP contribution in [0.5, 0.6) is 0 Å². The van der Waals surface area contributed by atoms with Crippen LogP contribution in [0.2, 0.25) is 0 Å². The zero-order valence-corrected chi connectivity index (χ0v) is 18.7. The topological polar surface area (TPSA) is 105 Å². The predicted octanol–water partition coefficient (Wildman–Crippen LogP) is 3.40. The molecule has 8 heteroatoms. The molecule has 2 fully saturated rings. The van der Waals surface area contributed by atoms with Gasteiger partial charge >= 0.3 is 6.03 Å². The van der Waals surface area contributed by atoms with Crippen molar-refractivity contribution in [1.82, 2.24) is 20.7 Å². The minimum Gasteiger partial charge on any atom is -0.350 e. The van der Waals surface area contributed by atoms with Crippen molar-refractivity contribution in [3.8, 4) is 11.3 Å². The minimum absolute atomic E-state index is 0.0682. The van der Waals surface area contributed by atoms with Crippen molar-refractivity contribution < 1.29 is 18.9 Å². The van der Waals surface area contributed by atoms with Crippen molar-refractivity contribution >= 4 is 17.8 Å². The van der Waals surface area contributed by atoms with Crippen LogP contribution in [-0.2, 0) is 11.2 Å². The Kier molecular flexibility index (Phi) is 5.88. The van der Waals surface area contributed by atoms with E-state index in [4.69, 9.17) is 4.52 Å². The second-order valence-electron chi connectivity index (χ2n) is 8.87. The van der Waals surface area contributed by atoms with Gasteiger partial charge in [-0.1, -0.05) is 65.8 Å². The van der Waals surface area contributed by atoms with Crippen LogP contribution < -0.4 is 10.6 Å². The first-order valence-electron chi connectivity index (χ1n) is 11.5. The third kappa shape index (κ3) is 4.19. The lowest BCUT2D eigenvalue weighted by Gasteiger charge is -2.40. The molecule has 8 nitrogen and oxygen atoms in total. The standard InChI is InChI=1S/C26H26N4O4/c31-23(22-17-21(29-34-22)19-9-5-2-6-10-19)30-15-12-20(13-16-30)26(24(32)27-25(33)28-26)14-11-18-7-3-1-4-8-18/h1-10,17,20H,11-16H2,(H2,27,28,32,33). The highest BCUT2D eigenvalue weighted by Gasteiger charge is 2.52. The molecule has 2 aliphatic heterocycles. The first-order valence-corrected chi connectivity index (χ1v) is 11.5. The van der Waals surface area contributed by atoms with Crippen molar-refractivity contribution in [2.45, 2.75) is 31.2 Å². The van der Waals surface area contributed by atoms with E-state index in [-0.39, 0.29) is 23.5 Å². The molecule has 0 spiro atoms. The fourth-order valence-electron chi connectivity index (χ4n) is 5.01. The van der Waals surface area contributed by atoms with Crippen molar-refractivity contribution in [3.63, 3.8) is 0 Å². The van der Waals surface area contributed by atoms with Gasteiger partial charge in [0.05, 0.1) is 0 Å². The molecule has 2 aliphatic rings. The van der Waals surface area contributed by atoms with Crippen molar-refractivity contribution in [1.29, 1.82) is 0 Å². The van der Waals surface area contributed by atoms with Crippen LogP contribution in [-0.4, -0.2) is 46.5 Å². The molecule has 0 radical (unpaired) electrons. The highest BCUT2D eigenvalue weighted by Crippen LogP contribution is 2.35. The van der Waals surface area contributed by atoms with E-state index in [1.807, 2.05) is 60.7 Å². The summed E-state index contributed by atoms with van der Waals surface area (Å²) in [5.41, 5.74) is 1.65. The van der Waals surface area contributed by atoms with E-state index in [0.717, 1.165) is 11.1 Å². The first-order chi connectivity index (χ1) is 16.5. The summed E-state index contributed by atoms with van der Waals surface area (Å²) in [5.74, 6) is -0.364. The molecule has 3 heterocycles. The number of benzene rings is 2. The van der Waals surface area contributed by atoms with Gasteiger partial charge in [0, 0.05) is 24.7 Å². The third-order valence-corrected chi connectivity index (χ3v) is 6.89. The smallest absolute Gasteiger partial charge is 0.322 e. The third-order valence-electron chi connectivity index (χ3n) is 6.89. The average Bonchev–Trinajstić information content (AvgIpc) is 3.48. The van der Waals surface area contributed by atoms with E-state index in [0.29, 0.717) is 44.5 Å². The SMILES string of the molecule is O=C1NC(=O)C(CCc2ccccc2)(C2CCN(C(=O)c3cc(-c4ccccc4)no3)CC2)N1. The molecule has 0 aliphatic carbocycles. The maximum Gasteiger partial charge on any atom is 0.322 e. The lowest BCUT2D eigenvalue weighted by molar-refractivity contribution is -0.126. The number of hydrogen-bond acceptors (Lipinski definition) is 5. The Morgan fingerprint density at radius 3 is 2.35 bits per heavy atom. The van der Waals surface area contributed by atoms with Crippen molar-refractivity contribution in [2.75, 3.05) is 13.1 Å². The van der Waals surface area contributed by atoms with Gasteiger partial charge in [-0.2, -0.15) is 0 Å². The molecule has 0 bridgehead atoms. The Balaban J connectivity index is 1.26. The Hall–Kier alpha value is -3.94. The maximum absolute atomic E-state index is 13.0. The summed E-state index contributed by atoms with van der Waals surface area (Å²) in [5, 5.41) is 9.39. The van der Waals surface area contributed by atoms with Gasteiger partial charge in [0.25, 0.3) is 11.8 Å². The van der Waals surface area contributed by atoms with E-state index in [1.54, 1.807) is 11.0 Å². The Bertz CT molecular complexity index is 1190. The molecule has 34 heavy (non-hydrogen) atoms. The van der Waals surface area contributed by atoms with Gasteiger partial charge in [0.1, 0.15) is 11.2 Å². The number of carbonyl (C=O) groups is 3. The van der Waals surface area contributed by atoms with Crippen molar-refractivity contribution in [2.24, 2.45) is 5.92 Å². The summed E-state index contributed by atoms with van der Waals surface area (Å²) in [4.78, 5) is 39.7. The minimum atomic E-state index is -0.964. The number of piperidine rings is 1. The number of imide groups is 1. The second kappa shape index (κ2) is 9.13. The van der Waals surface area contributed by atoms with Crippen LogP contribution in [0.1, 0.15) is 35.4 Å². The first kappa shape index (κ1) is 21.9. The number of amides is 4. The molecule has 3 aromatic rings. The normalized spacial score (nSPS) is 20.8. The van der Waals surface area contributed by atoms with Gasteiger partial charge in [-0.25, -0.2) is 4.79 Å². The van der Waals surface area contributed by atoms with Crippen LogP contribution in [0, 0.1) is 5.92 Å². The van der Waals surface area contributed by atoms with Gasteiger partial charge in [-0.05, 0) is 37.2 Å². The van der Waals surface area contributed by atoms with E-state index in [1.165, 1.54) is 0 Å². The van der Waals surface area contributed by atoms with Crippen LogP contribution >= 0.6 is 0 Å². The molecule has 2 aromatic carbocycles. The molecule has 5 rings (SSSR count). The van der Waals surface area contributed by atoms with Crippen molar-refractivity contribution in [3.05, 3.63) is 78.1 Å². The summed E-state index contributed by atoms with van der Waals surface area (Å²) in [7, 11) is 0. The van der Waals surface area contributed by atoms with Crippen LogP contribution in [0.3, 0.4) is 0 Å². The highest BCUT2D eigenvalue weighted by molar-refractivity contribution is 6.07. The molecule has 1 atom stereocenters. The number of nitrogens with zero attached hydrogens (tertiary/aromatic N) is 2. The number of carbonyl (C=O) groups excluding carboxylic acids is 3. The van der Waals surface area contributed by atoms with Gasteiger partial charge in [0.15, 0.2) is 0 Å². The predicted molar refractivity (Wildman–Crippen MR) is 125 cm³/mol. The second-order valence-corrected chi connectivity index (χ2v) is 8.87. The molecule has 1 unspecified atom stereocenters. The molecular weight excluding hydrogens is 432 g/mol. The summed E-state index contributed by atoms with van der Waals surface area (Å²) in [6.07, 6.45) is 2.39. The van der Waals surface area contributed by atoms with Crippen LogP contribution in [0.15, 0.2) is 71.3 Å².